The van der Waals surface area contributed by atoms with Gasteiger partial charge in [-0.25, -0.2) is 4.79 Å². The van der Waals surface area contributed by atoms with Crippen molar-refractivity contribution in [1.82, 2.24) is 4.98 Å². The molecule has 0 aliphatic rings. The predicted octanol–water partition coefficient (Wildman–Crippen LogP) is 6.93. The van der Waals surface area contributed by atoms with Gasteiger partial charge in [0.2, 0.25) is 0 Å². The Balaban J connectivity index is 1.52. The molecule has 0 bridgehead atoms. The Kier molecular flexibility index (Phi) is 5.47. The van der Waals surface area contributed by atoms with Crippen LogP contribution in [-0.2, 0) is 11.3 Å². The number of carbonyl (C=O) groups is 1. The largest absolute Gasteiger partial charge is 0.457 e. The minimum atomic E-state index is -0.507. The van der Waals surface area contributed by atoms with Gasteiger partial charge in [0.15, 0.2) is 5.75 Å². The Labute approximate surface area is 178 Å². The summed E-state index contributed by atoms with van der Waals surface area (Å²) >= 11 is 12.7. The highest BCUT2D eigenvalue weighted by Crippen LogP contribution is 2.38. The van der Waals surface area contributed by atoms with Crippen LogP contribution in [0.15, 0.2) is 66.7 Å². The lowest BCUT2D eigenvalue weighted by molar-refractivity contribution is 0.0472. The van der Waals surface area contributed by atoms with Crippen LogP contribution < -0.4 is 4.74 Å². The van der Waals surface area contributed by atoms with Gasteiger partial charge in [-0.15, -0.1) is 0 Å². The lowest BCUT2D eigenvalue weighted by Crippen LogP contribution is -2.05. The molecule has 1 N–H and O–H groups in total. The lowest BCUT2D eigenvalue weighted by atomic mass is 10.2. The van der Waals surface area contributed by atoms with Gasteiger partial charge in [0.25, 0.3) is 0 Å². The van der Waals surface area contributed by atoms with Gasteiger partial charge in [0, 0.05) is 17.3 Å². The van der Waals surface area contributed by atoms with E-state index in [1.54, 1.807) is 0 Å². The van der Waals surface area contributed by atoms with E-state index < -0.39 is 5.97 Å². The number of aromatic nitrogens is 1. The van der Waals surface area contributed by atoms with Crippen LogP contribution in [0, 0.1) is 6.92 Å². The van der Waals surface area contributed by atoms with E-state index in [9.17, 15) is 4.79 Å². The number of aryl methyl sites for hydroxylation is 1. The van der Waals surface area contributed by atoms with Crippen molar-refractivity contribution < 1.29 is 14.3 Å². The molecular weight excluding hydrogens is 409 g/mol. The molecule has 0 radical (unpaired) electrons. The summed E-state index contributed by atoms with van der Waals surface area (Å²) in [5.74, 6) is 0.366. The maximum atomic E-state index is 12.4. The van der Waals surface area contributed by atoms with E-state index in [1.807, 2.05) is 55.5 Å². The van der Waals surface area contributed by atoms with Gasteiger partial charge >= 0.3 is 5.97 Å². The number of halogens is 2. The first-order valence-electron chi connectivity index (χ1n) is 8.97. The first-order chi connectivity index (χ1) is 14.0. The fourth-order valence-electron chi connectivity index (χ4n) is 3.01. The zero-order valence-electron chi connectivity index (χ0n) is 15.5. The molecule has 0 saturated carbocycles. The van der Waals surface area contributed by atoms with E-state index in [4.69, 9.17) is 32.7 Å². The number of esters is 1. The van der Waals surface area contributed by atoms with Crippen molar-refractivity contribution >= 4 is 40.1 Å². The van der Waals surface area contributed by atoms with E-state index in [2.05, 4.69) is 11.1 Å². The van der Waals surface area contributed by atoms with Crippen LogP contribution in [0.1, 0.15) is 21.6 Å². The summed E-state index contributed by atoms with van der Waals surface area (Å²) in [7, 11) is 0. The van der Waals surface area contributed by atoms with E-state index >= 15 is 0 Å². The minimum Gasteiger partial charge on any atom is -0.457 e. The number of hydrogen-bond acceptors (Lipinski definition) is 3. The molecule has 0 spiro atoms. The summed E-state index contributed by atoms with van der Waals surface area (Å²) in [6, 6.07) is 20.1. The number of hydrogen-bond donors (Lipinski definition) is 1. The van der Waals surface area contributed by atoms with Gasteiger partial charge in [-0.2, -0.15) is 0 Å². The maximum Gasteiger partial charge on any atom is 0.338 e. The van der Waals surface area contributed by atoms with Gasteiger partial charge < -0.3 is 14.5 Å². The number of nitrogens with one attached hydrogen (secondary N) is 1. The van der Waals surface area contributed by atoms with Crippen LogP contribution in [0.2, 0.25) is 10.0 Å². The molecule has 146 valence electrons. The molecule has 4 nitrogen and oxygen atoms in total. The number of ether oxygens (including phenoxy) is 2. The second kappa shape index (κ2) is 8.19. The molecule has 4 aromatic rings. The highest BCUT2D eigenvalue weighted by Gasteiger charge is 2.16. The molecule has 1 aromatic heterocycles. The van der Waals surface area contributed by atoms with Crippen LogP contribution in [0.4, 0.5) is 0 Å². The molecule has 6 heteroatoms. The molecule has 0 unspecified atom stereocenters. The average molecular weight is 426 g/mol. The monoisotopic (exact) mass is 425 g/mol. The molecule has 0 aliphatic carbocycles. The van der Waals surface area contributed by atoms with Gasteiger partial charge in [-0.1, -0.05) is 53.5 Å². The zero-order chi connectivity index (χ0) is 20.4. The summed E-state index contributed by atoms with van der Waals surface area (Å²) in [5, 5.41) is 1.54. The predicted molar refractivity (Wildman–Crippen MR) is 115 cm³/mol. The highest BCUT2D eigenvalue weighted by atomic mass is 35.5. The standard InChI is InChI=1S/C23H17Cl2NO3/c1-14-9-16-7-8-18(12-21(16)26-14)29-22-19(24)10-17(11-20(22)25)23(27)28-13-15-5-3-2-4-6-15/h2-12,26H,13H2,1H3. The van der Waals surface area contributed by atoms with Gasteiger partial charge in [-0.3, -0.25) is 0 Å². The number of aromatic amines is 1. The van der Waals surface area contributed by atoms with Gasteiger partial charge in [0.05, 0.1) is 15.6 Å². The Morgan fingerprint density at radius 1 is 0.966 bits per heavy atom. The van der Waals surface area contributed by atoms with E-state index in [0.717, 1.165) is 22.2 Å². The number of benzene rings is 3. The smallest absolute Gasteiger partial charge is 0.338 e. The lowest BCUT2D eigenvalue weighted by Gasteiger charge is -2.12. The van der Waals surface area contributed by atoms with Gasteiger partial charge in [-0.05, 0) is 48.2 Å². The summed E-state index contributed by atoms with van der Waals surface area (Å²) in [5.41, 5.74) is 3.17. The van der Waals surface area contributed by atoms with Crippen LogP contribution in [-0.4, -0.2) is 11.0 Å². The Bertz CT molecular complexity index is 1160. The third kappa shape index (κ3) is 4.39. The SMILES string of the molecule is Cc1cc2ccc(Oc3c(Cl)cc(C(=O)OCc4ccccc4)cc3Cl)cc2[nH]1. The average Bonchev–Trinajstić information content (AvgIpc) is 3.08. The van der Waals surface area contributed by atoms with Crippen LogP contribution in [0.25, 0.3) is 10.9 Å². The third-order valence-electron chi connectivity index (χ3n) is 4.40. The molecule has 3 aromatic carbocycles. The van der Waals surface area contributed by atoms with Crippen molar-refractivity contribution in [3.05, 3.63) is 93.6 Å². The number of H-pyrrole nitrogens is 1. The summed E-state index contributed by atoms with van der Waals surface area (Å²) in [6.45, 7) is 2.16. The summed E-state index contributed by atoms with van der Waals surface area (Å²) in [6.07, 6.45) is 0. The summed E-state index contributed by atoms with van der Waals surface area (Å²) in [4.78, 5) is 15.6. The van der Waals surface area contributed by atoms with Crippen molar-refractivity contribution in [3.63, 3.8) is 0 Å². The normalized spacial score (nSPS) is 10.9. The third-order valence-corrected chi connectivity index (χ3v) is 4.96. The van der Waals surface area contributed by atoms with Crippen molar-refractivity contribution in [2.24, 2.45) is 0 Å². The van der Waals surface area contributed by atoms with Crippen LogP contribution in [0.3, 0.4) is 0 Å². The fraction of sp³-hybridized carbons (Fsp3) is 0.0870. The number of rotatable bonds is 5. The minimum absolute atomic E-state index is 0.169. The Morgan fingerprint density at radius 3 is 2.41 bits per heavy atom. The first kappa shape index (κ1) is 19.4. The Hall–Kier alpha value is -2.95. The highest BCUT2D eigenvalue weighted by molar-refractivity contribution is 6.37. The summed E-state index contributed by atoms with van der Waals surface area (Å²) < 4.78 is 11.2. The fourth-order valence-corrected chi connectivity index (χ4v) is 3.58. The van der Waals surface area contributed by atoms with Gasteiger partial charge in [0.1, 0.15) is 12.4 Å². The number of carbonyl (C=O) groups excluding carboxylic acids is 1. The Morgan fingerprint density at radius 2 is 1.69 bits per heavy atom. The molecule has 29 heavy (non-hydrogen) atoms. The van der Waals surface area contributed by atoms with Crippen molar-refractivity contribution in [2.45, 2.75) is 13.5 Å². The molecule has 0 aliphatic heterocycles. The molecule has 4 rings (SSSR count). The quantitative estimate of drug-likeness (QED) is 0.352. The second-order valence-electron chi connectivity index (χ2n) is 6.63. The first-order valence-corrected chi connectivity index (χ1v) is 9.72. The molecule has 0 amide bonds. The topological polar surface area (TPSA) is 51.3 Å². The van der Waals surface area contributed by atoms with Crippen molar-refractivity contribution in [2.75, 3.05) is 0 Å². The van der Waals surface area contributed by atoms with E-state index in [1.165, 1.54) is 12.1 Å². The molecule has 0 fully saturated rings. The molecule has 0 atom stereocenters. The molecular formula is C23H17Cl2NO3. The second-order valence-corrected chi connectivity index (χ2v) is 7.45. The number of fused-ring (bicyclic) bond motifs is 1. The van der Waals surface area contributed by atoms with E-state index in [0.29, 0.717) is 5.75 Å². The molecule has 1 heterocycles. The van der Waals surface area contributed by atoms with Crippen molar-refractivity contribution in [3.8, 4) is 11.5 Å². The van der Waals surface area contributed by atoms with E-state index in [-0.39, 0.29) is 28.0 Å². The maximum absolute atomic E-state index is 12.4. The van der Waals surface area contributed by atoms with Crippen LogP contribution >= 0.6 is 23.2 Å². The zero-order valence-corrected chi connectivity index (χ0v) is 17.1. The van der Waals surface area contributed by atoms with Crippen molar-refractivity contribution in [1.29, 1.82) is 0 Å². The van der Waals surface area contributed by atoms with Crippen LogP contribution in [0.5, 0.6) is 11.5 Å². The molecule has 0 saturated heterocycles.